The number of nitrogens with one attached hydrogen (secondary N) is 2. The van der Waals surface area contributed by atoms with Crippen LogP contribution in [-0.4, -0.2) is 246 Å². The number of amides is 2. The van der Waals surface area contributed by atoms with Crippen molar-refractivity contribution in [2.45, 2.75) is 374 Å². The second-order valence-electron chi connectivity index (χ2n) is 26.8. The lowest BCUT2D eigenvalue weighted by Crippen LogP contribution is -2.69. The Hall–Kier alpha value is -2.42. The molecule has 4 heterocycles. The van der Waals surface area contributed by atoms with Crippen LogP contribution in [0.2, 0.25) is 0 Å². The third-order valence-electron chi connectivity index (χ3n) is 18.8. The molecule has 0 aliphatic carbocycles. The minimum Gasteiger partial charge on any atom is -0.394 e. The summed E-state index contributed by atoms with van der Waals surface area (Å²) >= 11 is 0. The van der Waals surface area contributed by atoms with Gasteiger partial charge < -0.3 is 115 Å². The van der Waals surface area contributed by atoms with Gasteiger partial charge in [-0.3, -0.25) is 9.59 Å². The van der Waals surface area contributed by atoms with Gasteiger partial charge in [0.25, 0.3) is 0 Å². The fraction of sp³-hybridized carbons (Fsp3) is 0.914. The molecule has 25 heteroatoms. The van der Waals surface area contributed by atoms with Crippen molar-refractivity contribution in [2.75, 3.05) is 33.0 Å². The average molecular weight is 1370 g/mol. The molecule has 0 aromatic carbocycles. The third-order valence-corrected chi connectivity index (χ3v) is 18.8. The fourth-order valence-corrected chi connectivity index (χ4v) is 12.8. The van der Waals surface area contributed by atoms with Crippen LogP contribution >= 0.6 is 0 Å². The number of hydrogen-bond donors (Lipinski definition) is 15. The monoisotopic (exact) mass is 1360 g/mol. The van der Waals surface area contributed by atoms with Crippen LogP contribution in [-0.2, 0) is 47.5 Å². The van der Waals surface area contributed by atoms with Crippen molar-refractivity contribution in [3.63, 3.8) is 0 Å². The SMILES string of the molecule is CCCCCCCC/C=C\CCCCCCCCCCCCCCCC(=O)N[C@@H](CO[C@@H]1OC(CO)[C@@H](O[C@@H]2OC(CO)[C@H](O[C@@H]3OC(CO)[C@H](O)[C@H](O[C@@H]4OC(CO)[C@H](O)[C@H](O)C4NC(C)=O)C3O)[C@H](O)C2O)[C@H](O)C1O)[C@H](O)/C=C/CCCCCCCCCCCCC. The molecular formula is C70H128N2O23. The normalized spacial score (nSPS) is 32.1. The highest BCUT2D eigenvalue weighted by Gasteiger charge is 2.56. The van der Waals surface area contributed by atoms with E-state index in [4.69, 9.17) is 37.9 Å². The summed E-state index contributed by atoms with van der Waals surface area (Å²) in [6.45, 7) is 1.63. The Bertz CT molecular complexity index is 2010. The zero-order valence-corrected chi connectivity index (χ0v) is 57.5. The van der Waals surface area contributed by atoms with Crippen LogP contribution in [0.1, 0.15) is 239 Å². The van der Waals surface area contributed by atoms with Crippen LogP contribution in [0.25, 0.3) is 0 Å². The minimum atomic E-state index is -2.10. The number of hydrogen-bond acceptors (Lipinski definition) is 23. The van der Waals surface area contributed by atoms with Gasteiger partial charge in [-0.15, -0.1) is 0 Å². The first-order chi connectivity index (χ1) is 46.0. The summed E-state index contributed by atoms with van der Waals surface area (Å²) in [7, 11) is 0. The van der Waals surface area contributed by atoms with Gasteiger partial charge in [-0.25, -0.2) is 0 Å². The molecule has 0 saturated carbocycles. The summed E-state index contributed by atoms with van der Waals surface area (Å²) in [4.78, 5) is 25.5. The van der Waals surface area contributed by atoms with E-state index in [1.54, 1.807) is 6.08 Å². The van der Waals surface area contributed by atoms with E-state index in [2.05, 4.69) is 36.6 Å². The van der Waals surface area contributed by atoms with Crippen LogP contribution in [0, 0.1) is 0 Å². The Morgan fingerprint density at radius 2 is 0.779 bits per heavy atom. The number of aliphatic hydroxyl groups is 13. The molecule has 95 heavy (non-hydrogen) atoms. The Morgan fingerprint density at radius 3 is 1.23 bits per heavy atom. The predicted octanol–water partition coefficient (Wildman–Crippen LogP) is 4.68. The Labute approximate surface area is 565 Å². The maximum atomic E-state index is 13.5. The van der Waals surface area contributed by atoms with Crippen LogP contribution in [0.15, 0.2) is 24.3 Å². The summed E-state index contributed by atoms with van der Waals surface area (Å²) in [6, 6.07) is -2.53. The topological polar surface area (TPSA) is 395 Å². The number of aliphatic hydroxyl groups excluding tert-OH is 13. The molecule has 8 unspecified atom stereocenters. The number of allylic oxidation sites excluding steroid dienone is 3. The lowest BCUT2D eigenvalue weighted by Gasteiger charge is -2.49. The summed E-state index contributed by atoms with van der Waals surface area (Å²) in [6.07, 6.45) is 12.4. The number of ether oxygens (including phenoxy) is 8. The van der Waals surface area contributed by atoms with Gasteiger partial charge in [0.05, 0.1) is 45.2 Å². The van der Waals surface area contributed by atoms with E-state index >= 15 is 0 Å². The second kappa shape index (κ2) is 50.0. The van der Waals surface area contributed by atoms with Crippen molar-refractivity contribution in [3.8, 4) is 0 Å². The van der Waals surface area contributed by atoms with Gasteiger partial charge in [0.2, 0.25) is 11.8 Å². The molecule has 25 nitrogen and oxygen atoms in total. The largest absolute Gasteiger partial charge is 0.394 e. The molecule has 15 N–H and O–H groups in total. The average Bonchev–Trinajstić information content (AvgIpc) is 0.785. The fourth-order valence-electron chi connectivity index (χ4n) is 12.8. The number of carbonyl (C=O) groups is 2. The molecule has 4 aliphatic heterocycles. The van der Waals surface area contributed by atoms with Gasteiger partial charge in [0.15, 0.2) is 25.2 Å². The molecule has 0 bridgehead atoms. The van der Waals surface area contributed by atoms with Gasteiger partial charge in [0, 0.05) is 13.3 Å². The Kier molecular flexibility index (Phi) is 44.7. The lowest BCUT2D eigenvalue weighted by molar-refractivity contribution is -0.386. The molecule has 0 spiro atoms. The highest BCUT2D eigenvalue weighted by atomic mass is 16.8. The smallest absolute Gasteiger partial charge is 0.220 e. The molecule has 4 aliphatic rings. The van der Waals surface area contributed by atoms with Gasteiger partial charge >= 0.3 is 0 Å². The van der Waals surface area contributed by atoms with Gasteiger partial charge in [-0.2, -0.15) is 0 Å². The van der Waals surface area contributed by atoms with Crippen molar-refractivity contribution in [1.29, 1.82) is 0 Å². The number of rotatable bonds is 52. The second-order valence-corrected chi connectivity index (χ2v) is 26.8. The van der Waals surface area contributed by atoms with Crippen LogP contribution in [0.3, 0.4) is 0 Å². The predicted molar refractivity (Wildman–Crippen MR) is 354 cm³/mol. The van der Waals surface area contributed by atoms with Crippen molar-refractivity contribution < 1.29 is 114 Å². The van der Waals surface area contributed by atoms with E-state index < -0.39 is 174 Å². The van der Waals surface area contributed by atoms with Gasteiger partial charge in [-0.1, -0.05) is 205 Å². The zero-order chi connectivity index (χ0) is 69.3. The maximum absolute atomic E-state index is 13.5. The zero-order valence-electron chi connectivity index (χ0n) is 57.5. The van der Waals surface area contributed by atoms with E-state index in [-0.39, 0.29) is 12.3 Å². The van der Waals surface area contributed by atoms with E-state index in [0.29, 0.717) is 12.8 Å². The summed E-state index contributed by atoms with van der Waals surface area (Å²) in [5.41, 5.74) is 0. The van der Waals surface area contributed by atoms with Crippen LogP contribution in [0.5, 0.6) is 0 Å². The van der Waals surface area contributed by atoms with E-state index in [1.165, 1.54) is 154 Å². The number of carbonyl (C=O) groups excluding carboxylic acids is 2. The molecule has 556 valence electrons. The highest BCUT2D eigenvalue weighted by Crippen LogP contribution is 2.35. The first-order valence-electron chi connectivity index (χ1n) is 36.6. The molecule has 0 aromatic rings. The van der Waals surface area contributed by atoms with E-state index in [0.717, 1.165) is 51.9 Å². The molecular weight excluding hydrogens is 1240 g/mol. The van der Waals surface area contributed by atoms with Crippen molar-refractivity contribution in [2.24, 2.45) is 0 Å². The minimum absolute atomic E-state index is 0.215. The van der Waals surface area contributed by atoms with E-state index in [1.807, 2.05) is 6.08 Å². The van der Waals surface area contributed by atoms with E-state index in [9.17, 15) is 76.0 Å². The standard InChI is InChI=1S/C70H128N2O23/c1-4-6-8-10-12-14-16-18-19-20-21-22-23-24-25-26-27-29-31-33-35-37-39-41-54(79)72-48(49(78)40-38-36-34-32-30-28-17-15-13-11-9-7-5-2)46-88-68-61(85)59(83)64(52(44-75)91-68)93-69-62(86)60(84)65(53(45-76)92-69)94-70-63(87)66(57(81)51(43-74)90-70)95-67-55(71-47(3)77)58(82)56(80)50(42-73)89-67/h18-19,38,40,48-53,55-70,73-76,78,80-87H,4-17,20-37,39,41-46H2,1-3H3,(H,71,77)(H,72,79)/b19-18-,40-38+/t48-,49+,50?,51?,52?,53?,55?,56-,57-,58+,59+,60+,61?,62?,63?,64+,65-,66-,67-,68+,69-,70-/m0/s1. The maximum Gasteiger partial charge on any atom is 0.220 e. The molecule has 0 radical (unpaired) electrons. The Morgan fingerprint density at radius 1 is 0.411 bits per heavy atom. The third kappa shape index (κ3) is 30.8. The molecule has 4 fully saturated rings. The molecule has 2 amide bonds. The molecule has 0 aromatic heterocycles. The molecule has 4 saturated heterocycles. The van der Waals surface area contributed by atoms with Crippen molar-refractivity contribution in [1.82, 2.24) is 10.6 Å². The van der Waals surface area contributed by atoms with Gasteiger partial charge in [-0.05, 0) is 44.9 Å². The van der Waals surface area contributed by atoms with Crippen molar-refractivity contribution in [3.05, 3.63) is 24.3 Å². The summed E-state index contributed by atoms with van der Waals surface area (Å²) in [5, 5.41) is 148. The molecule has 22 atom stereocenters. The lowest BCUT2D eigenvalue weighted by atomic mass is 9.95. The molecule has 4 rings (SSSR count). The Balaban J connectivity index is 1.28. The first kappa shape index (κ1) is 85.0. The van der Waals surface area contributed by atoms with Crippen LogP contribution in [0.4, 0.5) is 0 Å². The quantitative estimate of drug-likeness (QED) is 0.0290. The van der Waals surface area contributed by atoms with Crippen molar-refractivity contribution >= 4 is 11.8 Å². The highest BCUT2D eigenvalue weighted by molar-refractivity contribution is 5.76. The van der Waals surface area contributed by atoms with Gasteiger partial charge in [0.1, 0.15) is 97.6 Å². The van der Waals surface area contributed by atoms with Crippen LogP contribution < -0.4 is 10.6 Å². The number of unbranched alkanes of at least 4 members (excludes halogenated alkanes) is 30. The summed E-state index contributed by atoms with van der Waals surface area (Å²) < 4.78 is 46.5. The first-order valence-corrected chi connectivity index (χ1v) is 36.6. The summed E-state index contributed by atoms with van der Waals surface area (Å²) in [5.74, 6) is -1.00.